The Kier molecular flexibility index (Phi) is 2.91. The maximum atomic E-state index is 8.93. The normalized spacial score (nSPS) is 14.7. The second-order valence-corrected chi connectivity index (χ2v) is 4.19. The molecule has 0 N–H and O–H groups in total. The van der Waals surface area contributed by atoms with E-state index in [1.165, 1.54) is 12.8 Å². The fourth-order valence-corrected chi connectivity index (χ4v) is 1.60. The van der Waals surface area contributed by atoms with E-state index in [2.05, 4.69) is 6.07 Å². The summed E-state index contributed by atoms with van der Waals surface area (Å²) in [4.78, 5) is 0. The van der Waals surface area contributed by atoms with Gasteiger partial charge in [0.15, 0.2) is 0 Å². The molecule has 0 radical (unpaired) electrons. The first-order valence-electron chi connectivity index (χ1n) is 5.43. The van der Waals surface area contributed by atoms with Gasteiger partial charge in [0.1, 0.15) is 11.8 Å². The van der Waals surface area contributed by atoms with E-state index in [-0.39, 0.29) is 0 Å². The summed E-state index contributed by atoms with van der Waals surface area (Å²) in [6.45, 7) is 2.72. The van der Waals surface area contributed by atoms with Gasteiger partial charge < -0.3 is 4.74 Å². The zero-order valence-corrected chi connectivity index (χ0v) is 8.99. The minimum atomic E-state index is 0.644. The molecule has 0 saturated heterocycles. The lowest BCUT2D eigenvalue weighted by atomic mass is 10.1. The highest BCUT2D eigenvalue weighted by Gasteiger charge is 2.20. The highest BCUT2D eigenvalue weighted by molar-refractivity contribution is 5.45. The SMILES string of the molecule is Cc1ccc(OCCC2CC2)c(C#N)c1. The molecule has 0 heterocycles. The monoisotopic (exact) mass is 201 g/mol. The lowest BCUT2D eigenvalue weighted by Gasteiger charge is -2.07. The first-order chi connectivity index (χ1) is 7.29. The van der Waals surface area contributed by atoms with E-state index < -0.39 is 0 Å². The Balaban J connectivity index is 1.96. The van der Waals surface area contributed by atoms with Crippen LogP contribution in [0.1, 0.15) is 30.4 Å². The minimum Gasteiger partial charge on any atom is -0.492 e. The van der Waals surface area contributed by atoms with Crippen molar-refractivity contribution in [3.63, 3.8) is 0 Å². The fourth-order valence-electron chi connectivity index (χ4n) is 1.60. The third-order valence-corrected chi connectivity index (χ3v) is 2.74. The molecule has 0 bridgehead atoms. The van der Waals surface area contributed by atoms with Crippen molar-refractivity contribution in [1.82, 2.24) is 0 Å². The Hall–Kier alpha value is -1.49. The molecule has 2 nitrogen and oxygen atoms in total. The maximum absolute atomic E-state index is 8.93. The second kappa shape index (κ2) is 4.35. The van der Waals surface area contributed by atoms with Gasteiger partial charge in [-0.2, -0.15) is 5.26 Å². The van der Waals surface area contributed by atoms with Crippen LogP contribution in [0.25, 0.3) is 0 Å². The summed E-state index contributed by atoms with van der Waals surface area (Å²) in [7, 11) is 0. The summed E-state index contributed by atoms with van der Waals surface area (Å²) in [6.07, 6.45) is 3.82. The van der Waals surface area contributed by atoms with Crippen LogP contribution in [0, 0.1) is 24.2 Å². The average molecular weight is 201 g/mol. The number of nitrogens with zero attached hydrogens (tertiary/aromatic N) is 1. The van der Waals surface area contributed by atoms with Gasteiger partial charge in [0.25, 0.3) is 0 Å². The van der Waals surface area contributed by atoms with Crippen LogP contribution < -0.4 is 4.74 Å². The van der Waals surface area contributed by atoms with E-state index in [1.54, 1.807) is 0 Å². The first kappa shape index (κ1) is 10.0. The highest BCUT2D eigenvalue weighted by Crippen LogP contribution is 2.32. The molecule has 78 valence electrons. The predicted molar refractivity (Wildman–Crippen MR) is 58.7 cm³/mol. The van der Waals surface area contributed by atoms with E-state index in [1.807, 2.05) is 25.1 Å². The zero-order chi connectivity index (χ0) is 10.7. The van der Waals surface area contributed by atoms with Gasteiger partial charge in [0.05, 0.1) is 12.2 Å². The summed E-state index contributed by atoms with van der Waals surface area (Å²) in [5, 5.41) is 8.93. The Morgan fingerprint density at radius 1 is 1.47 bits per heavy atom. The number of ether oxygens (including phenoxy) is 1. The zero-order valence-electron chi connectivity index (χ0n) is 8.99. The van der Waals surface area contributed by atoms with Crippen LogP contribution in [0.4, 0.5) is 0 Å². The molecule has 0 atom stereocenters. The Morgan fingerprint density at radius 3 is 2.93 bits per heavy atom. The van der Waals surface area contributed by atoms with Crippen LogP contribution in [0.15, 0.2) is 18.2 Å². The Bertz CT molecular complexity index is 388. The van der Waals surface area contributed by atoms with Gasteiger partial charge in [-0.15, -0.1) is 0 Å². The van der Waals surface area contributed by atoms with Crippen molar-refractivity contribution in [3.8, 4) is 11.8 Å². The highest BCUT2D eigenvalue weighted by atomic mass is 16.5. The van der Waals surface area contributed by atoms with Crippen molar-refractivity contribution in [2.75, 3.05) is 6.61 Å². The van der Waals surface area contributed by atoms with Gasteiger partial charge in [-0.3, -0.25) is 0 Å². The Labute approximate surface area is 90.5 Å². The van der Waals surface area contributed by atoms with Crippen molar-refractivity contribution in [2.24, 2.45) is 5.92 Å². The number of benzene rings is 1. The molecular formula is C13H15NO. The van der Waals surface area contributed by atoms with Gasteiger partial charge in [-0.1, -0.05) is 18.9 Å². The Morgan fingerprint density at radius 2 is 2.27 bits per heavy atom. The second-order valence-electron chi connectivity index (χ2n) is 4.19. The molecular weight excluding hydrogens is 186 g/mol. The van der Waals surface area contributed by atoms with E-state index in [0.717, 1.165) is 30.3 Å². The molecule has 1 saturated carbocycles. The van der Waals surface area contributed by atoms with Crippen LogP contribution >= 0.6 is 0 Å². The maximum Gasteiger partial charge on any atom is 0.137 e. The first-order valence-corrected chi connectivity index (χ1v) is 5.43. The predicted octanol–water partition coefficient (Wildman–Crippen LogP) is 3.05. The topological polar surface area (TPSA) is 33.0 Å². The van der Waals surface area contributed by atoms with Crippen molar-refractivity contribution in [2.45, 2.75) is 26.2 Å². The number of rotatable bonds is 4. The molecule has 15 heavy (non-hydrogen) atoms. The van der Waals surface area contributed by atoms with Crippen LogP contribution in [0.5, 0.6) is 5.75 Å². The number of hydrogen-bond donors (Lipinski definition) is 0. The van der Waals surface area contributed by atoms with Gasteiger partial charge in [-0.25, -0.2) is 0 Å². The summed E-state index contributed by atoms with van der Waals surface area (Å²) < 4.78 is 5.61. The standard InChI is InChI=1S/C13H15NO/c1-10-2-5-13(12(8-10)9-14)15-7-6-11-3-4-11/h2,5,8,11H,3-4,6-7H2,1H3. The van der Waals surface area contributed by atoms with Crippen LogP contribution in [0.2, 0.25) is 0 Å². The molecule has 0 aromatic heterocycles. The lowest BCUT2D eigenvalue weighted by molar-refractivity contribution is 0.301. The number of nitriles is 1. The summed E-state index contributed by atoms with van der Waals surface area (Å²) in [5.41, 5.74) is 1.74. The molecule has 1 aromatic carbocycles. The van der Waals surface area contributed by atoms with E-state index in [0.29, 0.717) is 5.56 Å². The summed E-state index contributed by atoms with van der Waals surface area (Å²) in [6, 6.07) is 7.90. The van der Waals surface area contributed by atoms with Crippen LogP contribution in [-0.4, -0.2) is 6.61 Å². The van der Waals surface area contributed by atoms with Gasteiger partial charge >= 0.3 is 0 Å². The largest absolute Gasteiger partial charge is 0.492 e. The molecule has 0 amide bonds. The molecule has 0 spiro atoms. The van der Waals surface area contributed by atoms with E-state index in [9.17, 15) is 0 Å². The third-order valence-electron chi connectivity index (χ3n) is 2.74. The summed E-state index contributed by atoms with van der Waals surface area (Å²) in [5.74, 6) is 1.60. The molecule has 1 aromatic rings. The lowest BCUT2D eigenvalue weighted by Crippen LogP contribution is -2.00. The molecule has 2 heteroatoms. The quantitative estimate of drug-likeness (QED) is 0.750. The molecule has 1 aliphatic carbocycles. The molecule has 1 fully saturated rings. The average Bonchev–Trinajstić information content (AvgIpc) is 3.04. The number of hydrogen-bond acceptors (Lipinski definition) is 2. The molecule has 1 aliphatic rings. The van der Waals surface area contributed by atoms with Crippen molar-refractivity contribution >= 4 is 0 Å². The van der Waals surface area contributed by atoms with Crippen molar-refractivity contribution in [1.29, 1.82) is 5.26 Å². The van der Waals surface area contributed by atoms with Crippen LogP contribution in [-0.2, 0) is 0 Å². The molecule has 0 aliphatic heterocycles. The third kappa shape index (κ3) is 2.73. The molecule has 2 rings (SSSR count). The van der Waals surface area contributed by atoms with Crippen molar-refractivity contribution < 1.29 is 4.74 Å². The smallest absolute Gasteiger partial charge is 0.137 e. The van der Waals surface area contributed by atoms with Gasteiger partial charge in [0, 0.05) is 0 Å². The number of aryl methyl sites for hydroxylation is 1. The summed E-state index contributed by atoms with van der Waals surface area (Å²) >= 11 is 0. The van der Waals surface area contributed by atoms with Crippen LogP contribution in [0.3, 0.4) is 0 Å². The molecule has 0 unspecified atom stereocenters. The van der Waals surface area contributed by atoms with Gasteiger partial charge in [-0.05, 0) is 37.0 Å². The van der Waals surface area contributed by atoms with Gasteiger partial charge in [0.2, 0.25) is 0 Å². The van der Waals surface area contributed by atoms with E-state index >= 15 is 0 Å². The minimum absolute atomic E-state index is 0.644. The van der Waals surface area contributed by atoms with E-state index in [4.69, 9.17) is 10.00 Å². The fraction of sp³-hybridized carbons (Fsp3) is 0.462. The van der Waals surface area contributed by atoms with Crippen molar-refractivity contribution in [3.05, 3.63) is 29.3 Å².